The smallest absolute Gasteiger partial charge is 0.236 e. The highest BCUT2D eigenvalue weighted by atomic mass is 79.9. The fourth-order valence-corrected chi connectivity index (χ4v) is 2.81. The van der Waals surface area contributed by atoms with E-state index in [-0.39, 0.29) is 10.7 Å². The first-order valence-corrected chi connectivity index (χ1v) is 6.94. The van der Waals surface area contributed by atoms with Crippen molar-refractivity contribution in [3.05, 3.63) is 0 Å². The normalized spacial score (nSPS) is 24.3. The lowest BCUT2D eigenvalue weighted by Crippen LogP contribution is -2.53. The first-order valence-electron chi connectivity index (χ1n) is 6.02. The number of piperidine rings is 1. The Morgan fingerprint density at radius 3 is 2.62 bits per heavy atom. The third-order valence-corrected chi connectivity index (χ3v) is 3.98. The molecule has 0 aliphatic carbocycles. The Labute approximate surface area is 107 Å². The molecule has 0 bridgehead atoms. The van der Waals surface area contributed by atoms with Crippen LogP contribution in [0.3, 0.4) is 0 Å². The molecule has 1 fully saturated rings. The largest absolute Gasteiger partial charge is 0.337 e. The number of hydrogen-bond acceptors (Lipinski definition) is 2. The number of carbonyl (C=O) groups excluding carboxylic acids is 1. The van der Waals surface area contributed by atoms with Gasteiger partial charge in [-0.2, -0.15) is 0 Å². The van der Waals surface area contributed by atoms with E-state index in [2.05, 4.69) is 53.7 Å². The third kappa shape index (κ3) is 3.45. The van der Waals surface area contributed by atoms with Crippen molar-refractivity contribution >= 4 is 21.8 Å². The highest BCUT2D eigenvalue weighted by molar-refractivity contribution is 9.10. The molecule has 0 N–H and O–H groups in total. The molecule has 0 aromatic heterocycles. The summed E-state index contributed by atoms with van der Waals surface area (Å²) >= 11 is 3.47. The summed E-state index contributed by atoms with van der Waals surface area (Å²) in [5.41, 5.74) is 0. The zero-order valence-electron chi connectivity index (χ0n) is 10.7. The first-order chi connectivity index (χ1) is 7.43. The van der Waals surface area contributed by atoms with Gasteiger partial charge in [-0.05, 0) is 32.9 Å². The summed E-state index contributed by atoms with van der Waals surface area (Å²) in [6.45, 7) is 6.25. The van der Waals surface area contributed by atoms with E-state index in [4.69, 9.17) is 0 Å². The molecule has 1 saturated heterocycles. The van der Waals surface area contributed by atoms with Crippen LogP contribution in [0.4, 0.5) is 0 Å². The molecular weight excluding hydrogens is 268 g/mol. The summed E-state index contributed by atoms with van der Waals surface area (Å²) < 4.78 is 0. The molecule has 0 saturated carbocycles. The van der Waals surface area contributed by atoms with E-state index in [0.717, 1.165) is 25.9 Å². The number of likely N-dealkylation sites (N-methyl/N-ethyl adjacent to an activating group) is 1. The molecule has 1 aliphatic rings. The lowest BCUT2D eigenvalue weighted by atomic mass is 9.98. The molecule has 16 heavy (non-hydrogen) atoms. The van der Waals surface area contributed by atoms with Crippen molar-refractivity contribution in [1.82, 2.24) is 9.80 Å². The fraction of sp³-hybridized carbons (Fsp3) is 0.917. The van der Waals surface area contributed by atoms with E-state index in [9.17, 15) is 4.79 Å². The van der Waals surface area contributed by atoms with Gasteiger partial charge in [0.25, 0.3) is 0 Å². The minimum Gasteiger partial charge on any atom is -0.337 e. The molecule has 1 amide bonds. The van der Waals surface area contributed by atoms with Crippen LogP contribution in [0, 0.1) is 5.92 Å². The number of likely N-dealkylation sites (tertiary alicyclic amines) is 1. The highest BCUT2D eigenvalue weighted by Gasteiger charge is 2.33. The van der Waals surface area contributed by atoms with E-state index in [0.29, 0.717) is 12.0 Å². The second-order valence-corrected chi connectivity index (χ2v) is 6.32. The predicted molar refractivity (Wildman–Crippen MR) is 70.8 cm³/mol. The van der Waals surface area contributed by atoms with Gasteiger partial charge < -0.3 is 9.80 Å². The zero-order valence-corrected chi connectivity index (χ0v) is 12.3. The van der Waals surface area contributed by atoms with Gasteiger partial charge in [-0.25, -0.2) is 0 Å². The van der Waals surface area contributed by atoms with Crippen LogP contribution in [-0.4, -0.2) is 53.8 Å². The average molecular weight is 291 g/mol. The molecular formula is C12H23BrN2O. The van der Waals surface area contributed by atoms with Crippen molar-refractivity contribution in [2.75, 3.05) is 27.2 Å². The maximum absolute atomic E-state index is 12.1. The lowest BCUT2D eigenvalue weighted by molar-refractivity contribution is -0.136. The van der Waals surface area contributed by atoms with Crippen LogP contribution in [0.15, 0.2) is 0 Å². The molecule has 3 nitrogen and oxygen atoms in total. The number of carbonyl (C=O) groups is 1. The van der Waals surface area contributed by atoms with Crippen LogP contribution in [0.25, 0.3) is 0 Å². The molecule has 94 valence electrons. The average Bonchev–Trinajstić information content (AvgIpc) is 2.18. The van der Waals surface area contributed by atoms with Gasteiger partial charge in [0.15, 0.2) is 0 Å². The van der Waals surface area contributed by atoms with Gasteiger partial charge in [0.2, 0.25) is 5.91 Å². The summed E-state index contributed by atoms with van der Waals surface area (Å²) in [6.07, 6.45) is 2.08. The molecule has 4 heteroatoms. The van der Waals surface area contributed by atoms with Crippen LogP contribution in [-0.2, 0) is 4.79 Å². The Balaban J connectivity index is 2.72. The third-order valence-electron chi connectivity index (χ3n) is 3.13. The molecule has 1 heterocycles. The fourth-order valence-electron chi connectivity index (χ4n) is 2.23. The zero-order chi connectivity index (χ0) is 12.3. The van der Waals surface area contributed by atoms with Crippen LogP contribution >= 0.6 is 15.9 Å². The molecule has 0 aromatic rings. The Morgan fingerprint density at radius 1 is 1.50 bits per heavy atom. The van der Waals surface area contributed by atoms with Crippen LogP contribution in [0.2, 0.25) is 0 Å². The molecule has 0 aromatic carbocycles. The second-order valence-electron chi connectivity index (χ2n) is 5.22. The molecule has 2 atom stereocenters. The van der Waals surface area contributed by atoms with Gasteiger partial charge in [-0.15, -0.1) is 0 Å². The summed E-state index contributed by atoms with van der Waals surface area (Å²) in [5.74, 6) is 0.774. The summed E-state index contributed by atoms with van der Waals surface area (Å²) in [4.78, 5) is 16.4. The topological polar surface area (TPSA) is 23.6 Å². The van der Waals surface area contributed by atoms with E-state index in [1.54, 1.807) is 0 Å². The number of amides is 1. The van der Waals surface area contributed by atoms with Crippen molar-refractivity contribution in [3.8, 4) is 0 Å². The first kappa shape index (κ1) is 14.0. The quantitative estimate of drug-likeness (QED) is 0.739. The van der Waals surface area contributed by atoms with E-state index < -0.39 is 0 Å². The summed E-state index contributed by atoms with van der Waals surface area (Å²) in [5, 5.41) is 0. The van der Waals surface area contributed by atoms with Crippen molar-refractivity contribution in [2.24, 2.45) is 5.92 Å². The van der Waals surface area contributed by atoms with E-state index in [1.807, 2.05) is 0 Å². The number of rotatable bonds is 4. The van der Waals surface area contributed by atoms with E-state index in [1.165, 1.54) is 0 Å². The molecule has 1 aliphatic heterocycles. The van der Waals surface area contributed by atoms with Gasteiger partial charge in [0.1, 0.15) is 0 Å². The standard InChI is InChI=1S/C12H23BrN2O/c1-9(2)11(8-14(3)4)15-7-5-6-10(13)12(15)16/h9-11H,5-8H2,1-4H3. The van der Waals surface area contributed by atoms with Crippen molar-refractivity contribution in [1.29, 1.82) is 0 Å². The summed E-state index contributed by atoms with van der Waals surface area (Å²) in [6, 6.07) is 0.336. The Hall–Kier alpha value is -0.0900. The van der Waals surface area contributed by atoms with Crippen LogP contribution < -0.4 is 0 Å². The minimum atomic E-state index is 0.0321. The SMILES string of the molecule is CC(C)C(CN(C)C)N1CCCC(Br)C1=O. The van der Waals surface area contributed by atoms with Crippen molar-refractivity contribution in [2.45, 2.75) is 37.6 Å². The maximum atomic E-state index is 12.1. The minimum absolute atomic E-state index is 0.0321. The second kappa shape index (κ2) is 6.01. The van der Waals surface area contributed by atoms with E-state index >= 15 is 0 Å². The van der Waals surface area contributed by atoms with Gasteiger partial charge in [0, 0.05) is 19.1 Å². The maximum Gasteiger partial charge on any atom is 0.236 e. The molecule has 1 rings (SSSR count). The Bertz CT molecular complexity index is 243. The van der Waals surface area contributed by atoms with Crippen LogP contribution in [0.1, 0.15) is 26.7 Å². The number of hydrogen-bond donors (Lipinski definition) is 0. The van der Waals surface area contributed by atoms with Crippen molar-refractivity contribution in [3.63, 3.8) is 0 Å². The lowest BCUT2D eigenvalue weighted by Gasteiger charge is -2.40. The Morgan fingerprint density at radius 2 is 2.12 bits per heavy atom. The van der Waals surface area contributed by atoms with Gasteiger partial charge in [-0.3, -0.25) is 4.79 Å². The summed E-state index contributed by atoms with van der Waals surface area (Å²) in [7, 11) is 4.13. The number of halogens is 1. The predicted octanol–water partition coefficient (Wildman–Crippen LogP) is 1.96. The number of nitrogens with zero attached hydrogens (tertiary/aromatic N) is 2. The molecule has 2 unspecified atom stereocenters. The van der Waals surface area contributed by atoms with Gasteiger partial charge in [-0.1, -0.05) is 29.8 Å². The molecule has 0 spiro atoms. The highest BCUT2D eigenvalue weighted by Crippen LogP contribution is 2.23. The Kier molecular flexibility index (Phi) is 5.25. The molecule has 0 radical (unpaired) electrons. The van der Waals surface area contributed by atoms with Gasteiger partial charge in [0.05, 0.1) is 4.83 Å². The van der Waals surface area contributed by atoms with Crippen LogP contribution in [0.5, 0.6) is 0 Å². The van der Waals surface area contributed by atoms with Crippen molar-refractivity contribution < 1.29 is 4.79 Å². The monoisotopic (exact) mass is 290 g/mol. The van der Waals surface area contributed by atoms with Gasteiger partial charge >= 0.3 is 0 Å². The number of alkyl halides is 1.